The van der Waals surface area contributed by atoms with Crippen LogP contribution in [-0.2, 0) is 11.3 Å². The lowest BCUT2D eigenvalue weighted by molar-refractivity contribution is -0.120. The van der Waals surface area contributed by atoms with Gasteiger partial charge in [0.15, 0.2) is 0 Å². The van der Waals surface area contributed by atoms with Gasteiger partial charge in [-0.1, -0.05) is 24.3 Å². The highest BCUT2D eigenvalue weighted by atomic mass is 16.2. The second kappa shape index (κ2) is 9.34. The summed E-state index contributed by atoms with van der Waals surface area (Å²) in [5, 5.41) is 3.21. The molecule has 0 spiro atoms. The van der Waals surface area contributed by atoms with E-state index >= 15 is 0 Å². The highest BCUT2D eigenvalue weighted by molar-refractivity contribution is 5.81. The zero-order valence-electron chi connectivity index (χ0n) is 15.5. The minimum Gasteiger partial charge on any atom is -0.363 e. The molecule has 1 aromatic heterocycles. The van der Waals surface area contributed by atoms with Crippen LogP contribution in [0.1, 0.15) is 25.5 Å². The maximum atomic E-state index is 12.5. The topological polar surface area (TPSA) is 48.5 Å². The van der Waals surface area contributed by atoms with Gasteiger partial charge in [-0.25, -0.2) is 0 Å². The molecule has 0 bridgehead atoms. The lowest BCUT2D eigenvalue weighted by Crippen LogP contribution is -2.47. The van der Waals surface area contributed by atoms with Crippen molar-refractivity contribution >= 4 is 11.6 Å². The van der Waals surface area contributed by atoms with Gasteiger partial charge in [0, 0.05) is 44.1 Å². The highest BCUT2D eigenvalue weighted by Gasteiger charge is 2.21. The van der Waals surface area contributed by atoms with Crippen LogP contribution >= 0.6 is 0 Å². The first kappa shape index (κ1) is 18.4. The van der Waals surface area contributed by atoms with Crippen molar-refractivity contribution in [3.05, 3.63) is 60.4 Å². The van der Waals surface area contributed by atoms with E-state index in [2.05, 4.69) is 33.1 Å². The number of aromatic nitrogens is 1. The Labute approximate surface area is 156 Å². The number of hydrogen-bond donors (Lipinski definition) is 1. The Morgan fingerprint density at radius 3 is 2.54 bits per heavy atom. The first-order chi connectivity index (χ1) is 12.7. The summed E-state index contributed by atoms with van der Waals surface area (Å²) in [6.07, 6.45) is 3.83. The summed E-state index contributed by atoms with van der Waals surface area (Å²) in [4.78, 5) is 21.4. The Morgan fingerprint density at radius 2 is 1.88 bits per heavy atom. The van der Waals surface area contributed by atoms with Gasteiger partial charge in [0.05, 0.1) is 12.2 Å². The molecule has 5 heteroatoms. The first-order valence-corrected chi connectivity index (χ1v) is 9.46. The number of para-hydroxylation sites is 1. The van der Waals surface area contributed by atoms with Crippen LogP contribution in [0.15, 0.2) is 54.7 Å². The molecule has 3 rings (SSSR count). The number of amides is 1. The zero-order chi connectivity index (χ0) is 18.2. The number of nitrogens with zero attached hydrogens (tertiary/aromatic N) is 3. The normalized spacial score (nSPS) is 15.6. The standard InChI is InChI=1S/C21H28N4O/c1-2-25(20-9-4-3-5-10-20)17-21(26)23-18-11-14-24(15-12-18)16-19-8-6-7-13-22-19/h3-10,13,18H,2,11-12,14-17H2,1H3,(H,23,26). The summed E-state index contributed by atoms with van der Waals surface area (Å²) < 4.78 is 0. The van der Waals surface area contributed by atoms with Crippen LogP contribution in [0.3, 0.4) is 0 Å². The van der Waals surface area contributed by atoms with Crippen molar-refractivity contribution in [2.45, 2.75) is 32.4 Å². The molecule has 1 aromatic carbocycles. The van der Waals surface area contributed by atoms with Crippen molar-refractivity contribution < 1.29 is 4.79 Å². The van der Waals surface area contributed by atoms with Crippen molar-refractivity contribution in [3.63, 3.8) is 0 Å². The molecular formula is C21H28N4O. The summed E-state index contributed by atoms with van der Waals surface area (Å²) in [7, 11) is 0. The number of carbonyl (C=O) groups is 1. The van der Waals surface area contributed by atoms with Crippen LogP contribution in [0.4, 0.5) is 5.69 Å². The van der Waals surface area contributed by atoms with Crippen LogP contribution in [0, 0.1) is 0 Å². The molecule has 0 radical (unpaired) electrons. The largest absolute Gasteiger partial charge is 0.363 e. The monoisotopic (exact) mass is 352 g/mol. The van der Waals surface area contributed by atoms with Crippen molar-refractivity contribution in [2.24, 2.45) is 0 Å². The third kappa shape index (κ3) is 5.30. The van der Waals surface area contributed by atoms with E-state index in [0.717, 1.165) is 50.4 Å². The smallest absolute Gasteiger partial charge is 0.239 e. The van der Waals surface area contributed by atoms with Gasteiger partial charge in [-0.05, 0) is 44.0 Å². The van der Waals surface area contributed by atoms with Crippen LogP contribution in [0.25, 0.3) is 0 Å². The summed E-state index contributed by atoms with van der Waals surface area (Å²) in [5.41, 5.74) is 2.20. The number of pyridine rings is 1. The number of benzene rings is 1. The maximum absolute atomic E-state index is 12.5. The van der Waals surface area contributed by atoms with Gasteiger partial charge in [-0.2, -0.15) is 0 Å². The van der Waals surface area contributed by atoms with Crippen molar-refractivity contribution in [3.8, 4) is 0 Å². The molecule has 2 heterocycles. The second-order valence-electron chi connectivity index (χ2n) is 6.79. The molecule has 1 aliphatic heterocycles. The Hall–Kier alpha value is -2.40. The number of likely N-dealkylation sites (N-methyl/N-ethyl adjacent to an activating group) is 1. The number of nitrogens with one attached hydrogen (secondary N) is 1. The lowest BCUT2D eigenvalue weighted by Gasteiger charge is -2.32. The Bertz CT molecular complexity index is 669. The summed E-state index contributed by atoms with van der Waals surface area (Å²) in [5.74, 6) is 0.110. The summed E-state index contributed by atoms with van der Waals surface area (Å²) in [6.45, 7) is 6.19. The fourth-order valence-corrected chi connectivity index (χ4v) is 3.43. The van der Waals surface area contributed by atoms with Gasteiger partial charge < -0.3 is 10.2 Å². The Morgan fingerprint density at radius 1 is 1.15 bits per heavy atom. The van der Waals surface area contributed by atoms with E-state index in [0.29, 0.717) is 6.54 Å². The molecular weight excluding hydrogens is 324 g/mol. The van der Waals surface area contributed by atoms with Gasteiger partial charge in [-0.15, -0.1) is 0 Å². The minimum atomic E-state index is 0.110. The van der Waals surface area contributed by atoms with Crippen LogP contribution in [-0.4, -0.2) is 48.0 Å². The minimum absolute atomic E-state index is 0.110. The fraction of sp³-hybridized carbons (Fsp3) is 0.429. The quantitative estimate of drug-likeness (QED) is 0.832. The van der Waals surface area contributed by atoms with E-state index in [4.69, 9.17) is 0 Å². The second-order valence-corrected chi connectivity index (χ2v) is 6.79. The van der Waals surface area contributed by atoms with E-state index in [1.54, 1.807) is 0 Å². The number of carbonyl (C=O) groups excluding carboxylic acids is 1. The average Bonchev–Trinajstić information content (AvgIpc) is 2.69. The molecule has 5 nitrogen and oxygen atoms in total. The van der Waals surface area contributed by atoms with Gasteiger partial charge in [0.1, 0.15) is 0 Å². The maximum Gasteiger partial charge on any atom is 0.239 e. The molecule has 26 heavy (non-hydrogen) atoms. The molecule has 1 amide bonds. The number of likely N-dealkylation sites (tertiary alicyclic amines) is 1. The molecule has 1 saturated heterocycles. The van der Waals surface area contributed by atoms with E-state index in [1.165, 1.54) is 0 Å². The molecule has 1 fully saturated rings. The van der Waals surface area contributed by atoms with Gasteiger partial charge >= 0.3 is 0 Å². The molecule has 0 aliphatic carbocycles. The average molecular weight is 352 g/mol. The molecule has 0 atom stereocenters. The fourth-order valence-electron chi connectivity index (χ4n) is 3.43. The third-order valence-electron chi connectivity index (χ3n) is 4.90. The Kier molecular flexibility index (Phi) is 6.61. The van der Waals surface area contributed by atoms with Crippen molar-refractivity contribution in [1.29, 1.82) is 0 Å². The van der Waals surface area contributed by atoms with Gasteiger partial charge in [0.25, 0.3) is 0 Å². The SMILES string of the molecule is CCN(CC(=O)NC1CCN(Cc2ccccn2)CC1)c1ccccc1. The van der Waals surface area contributed by atoms with E-state index in [-0.39, 0.29) is 11.9 Å². The number of anilines is 1. The third-order valence-corrected chi connectivity index (χ3v) is 4.90. The van der Waals surface area contributed by atoms with E-state index < -0.39 is 0 Å². The molecule has 1 N–H and O–H groups in total. The summed E-state index contributed by atoms with van der Waals surface area (Å²) >= 11 is 0. The van der Waals surface area contributed by atoms with Gasteiger partial charge in [0.2, 0.25) is 5.91 Å². The van der Waals surface area contributed by atoms with Crippen molar-refractivity contribution in [2.75, 3.05) is 31.1 Å². The molecule has 0 saturated carbocycles. The van der Waals surface area contributed by atoms with E-state index in [9.17, 15) is 4.79 Å². The number of hydrogen-bond acceptors (Lipinski definition) is 4. The van der Waals surface area contributed by atoms with Gasteiger partial charge in [-0.3, -0.25) is 14.7 Å². The van der Waals surface area contributed by atoms with Crippen molar-refractivity contribution in [1.82, 2.24) is 15.2 Å². The molecule has 138 valence electrons. The zero-order valence-corrected chi connectivity index (χ0v) is 15.5. The summed E-state index contributed by atoms with van der Waals surface area (Å²) in [6, 6.07) is 16.4. The van der Waals surface area contributed by atoms with Crippen LogP contribution < -0.4 is 10.2 Å². The molecule has 2 aromatic rings. The lowest BCUT2D eigenvalue weighted by atomic mass is 10.0. The number of piperidine rings is 1. The highest BCUT2D eigenvalue weighted by Crippen LogP contribution is 2.14. The predicted molar refractivity (Wildman–Crippen MR) is 105 cm³/mol. The number of rotatable bonds is 7. The van der Waals surface area contributed by atoms with Crippen LogP contribution in [0.2, 0.25) is 0 Å². The Balaban J connectivity index is 1.43. The molecule has 0 unspecified atom stereocenters. The predicted octanol–water partition coefficient (Wildman–Crippen LogP) is 2.69. The first-order valence-electron chi connectivity index (χ1n) is 9.46. The molecule has 1 aliphatic rings. The van der Waals surface area contributed by atoms with E-state index in [1.807, 2.05) is 48.7 Å². The van der Waals surface area contributed by atoms with Crippen LogP contribution in [0.5, 0.6) is 0 Å².